The third kappa shape index (κ3) is 3.88. The second-order valence-electron chi connectivity index (χ2n) is 8.38. The van der Waals surface area contributed by atoms with Gasteiger partial charge in [0.15, 0.2) is 11.5 Å². The minimum Gasteiger partial charge on any atom is -0.508 e. The van der Waals surface area contributed by atoms with Gasteiger partial charge in [0.1, 0.15) is 17.9 Å². The van der Waals surface area contributed by atoms with Gasteiger partial charge in [0.2, 0.25) is 0 Å². The van der Waals surface area contributed by atoms with Crippen molar-refractivity contribution >= 4 is 21.7 Å². The van der Waals surface area contributed by atoms with Crippen molar-refractivity contribution in [3.8, 4) is 29.6 Å². The molecule has 0 spiro atoms. The summed E-state index contributed by atoms with van der Waals surface area (Å²) in [7, 11) is 1.56. The first-order chi connectivity index (χ1) is 15.2. The molecule has 32 heavy (non-hydrogen) atoms. The largest absolute Gasteiger partial charge is 0.508 e. The van der Waals surface area contributed by atoms with Crippen LogP contribution in [0.15, 0.2) is 57.7 Å². The van der Waals surface area contributed by atoms with Crippen molar-refractivity contribution in [3.63, 3.8) is 0 Å². The summed E-state index contributed by atoms with van der Waals surface area (Å²) < 4.78 is 17.1. The van der Waals surface area contributed by atoms with Gasteiger partial charge in [0.25, 0.3) is 0 Å². The summed E-state index contributed by atoms with van der Waals surface area (Å²) in [4.78, 5) is 12.8. The van der Waals surface area contributed by atoms with Crippen molar-refractivity contribution in [1.29, 1.82) is 0 Å². The maximum absolute atomic E-state index is 12.8. The quantitative estimate of drug-likeness (QED) is 0.260. The average Bonchev–Trinajstić information content (AvgIpc) is 2.76. The Bertz CT molecular complexity index is 1420. The molecule has 0 aliphatic carbocycles. The number of fused-ring (bicyclic) bond motifs is 3. The van der Waals surface area contributed by atoms with Crippen LogP contribution in [-0.4, -0.2) is 12.2 Å². The van der Waals surface area contributed by atoms with Crippen molar-refractivity contribution < 1.29 is 19.0 Å². The van der Waals surface area contributed by atoms with Crippen molar-refractivity contribution in [3.05, 3.63) is 75.6 Å². The summed E-state index contributed by atoms with van der Waals surface area (Å²) in [6.07, 6.45) is 5.66. The van der Waals surface area contributed by atoms with Crippen LogP contribution < -0.4 is 15.1 Å². The van der Waals surface area contributed by atoms with Gasteiger partial charge >= 0.3 is 5.63 Å². The van der Waals surface area contributed by atoms with E-state index in [0.717, 1.165) is 27.5 Å². The number of aromatic hydroxyl groups is 1. The summed E-state index contributed by atoms with van der Waals surface area (Å²) in [5.74, 6) is 3.88. The van der Waals surface area contributed by atoms with E-state index in [-0.39, 0.29) is 12.4 Å². The molecule has 1 aromatic heterocycles. The van der Waals surface area contributed by atoms with E-state index in [1.807, 2.05) is 39.0 Å². The third-order valence-electron chi connectivity index (χ3n) is 5.60. The molecule has 0 saturated heterocycles. The van der Waals surface area contributed by atoms with Gasteiger partial charge in [-0.05, 0) is 61.7 Å². The summed E-state index contributed by atoms with van der Waals surface area (Å²) >= 11 is 0. The zero-order chi connectivity index (χ0) is 23.0. The second-order valence-corrected chi connectivity index (χ2v) is 8.38. The lowest BCUT2D eigenvalue weighted by Gasteiger charge is -2.18. The molecule has 3 aromatic carbocycles. The minimum absolute atomic E-state index is 0.180. The number of hydrogen-bond donors (Lipinski definition) is 1. The number of phenols is 1. The van der Waals surface area contributed by atoms with Gasteiger partial charge in [-0.1, -0.05) is 24.1 Å². The number of methoxy groups -OCH3 is 1. The van der Waals surface area contributed by atoms with Gasteiger partial charge in [0, 0.05) is 16.8 Å². The molecule has 0 atom stereocenters. The summed E-state index contributed by atoms with van der Waals surface area (Å²) in [6.45, 7) is 5.98. The number of aryl methyl sites for hydroxylation is 1. The van der Waals surface area contributed by atoms with Crippen molar-refractivity contribution in [1.82, 2.24) is 0 Å². The van der Waals surface area contributed by atoms with Crippen LogP contribution in [0.4, 0.5) is 0 Å². The minimum atomic E-state index is -0.505. The molecule has 0 aliphatic rings. The average molecular weight is 428 g/mol. The lowest BCUT2D eigenvalue weighted by molar-refractivity contribution is 0.284. The molecule has 1 heterocycles. The predicted molar refractivity (Wildman–Crippen MR) is 126 cm³/mol. The van der Waals surface area contributed by atoms with Crippen LogP contribution in [0.25, 0.3) is 21.7 Å². The van der Waals surface area contributed by atoms with Gasteiger partial charge < -0.3 is 19.0 Å². The van der Waals surface area contributed by atoms with Gasteiger partial charge in [-0.2, -0.15) is 0 Å². The molecule has 5 nitrogen and oxygen atoms in total. The molecule has 4 aromatic rings. The lowest BCUT2D eigenvalue weighted by atomic mass is 9.84. The highest BCUT2D eigenvalue weighted by molar-refractivity contribution is 6.05. The Morgan fingerprint density at radius 3 is 2.50 bits per heavy atom. The van der Waals surface area contributed by atoms with E-state index < -0.39 is 11.0 Å². The molecule has 4 rings (SSSR count). The molecular weight excluding hydrogens is 404 g/mol. The van der Waals surface area contributed by atoms with Crippen LogP contribution in [0.2, 0.25) is 0 Å². The fraction of sp³-hybridized carbons (Fsp3) is 0.222. The highest BCUT2D eigenvalue weighted by Gasteiger charge is 2.20. The van der Waals surface area contributed by atoms with Gasteiger partial charge in [-0.3, -0.25) is 0 Å². The van der Waals surface area contributed by atoms with E-state index in [0.29, 0.717) is 22.5 Å². The van der Waals surface area contributed by atoms with Gasteiger partial charge in [0.05, 0.1) is 17.9 Å². The highest BCUT2D eigenvalue weighted by Crippen LogP contribution is 2.36. The molecule has 0 fully saturated rings. The molecule has 5 heteroatoms. The Morgan fingerprint density at radius 2 is 1.81 bits per heavy atom. The van der Waals surface area contributed by atoms with Crippen molar-refractivity contribution in [2.75, 3.05) is 7.11 Å². The Morgan fingerprint density at radius 1 is 1.03 bits per heavy atom. The number of ether oxygens (including phenoxy) is 2. The first-order valence-corrected chi connectivity index (χ1v) is 10.2. The van der Waals surface area contributed by atoms with Gasteiger partial charge in [-0.15, -0.1) is 6.42 Å². The molecule has 162 valence electrons. The van der Waals surface area contributed by atoms with Crippen LogP contribution in [0.3, 0.4) is 0 Å². The number of phenolic OH excluding ortho intramolecular Hbond substituents is 1. The summed E-state index contributed by atoms with van der Waals surface area (Å²) in [6, 6.07) is 14.3. The van der Waals surface area contributed by atoms with Crippen LogP contribution in [0.5, 0.6) is 17.2 Å². The maximum atomic E-state index is 12.8. The number of rotatable bonds is 5. The Labute approximate surface area is 186 Å². The van der Waals surface area contributed by atoms with Crippen LogP contribution in [0.1, 0.15) is 30.5 Å². The maximum Gasteiger partial charge on any atom is 0.344 e. The first kappa shape index (κ1) is 21.3. The Balaban J connectivity index is 1.80. The second kappa shape index (κ2) is 7.97. The van der Waals surface area contributed by atoms with E-state index in [9.17, 15) is 9.90 Å². The van der Waals surface area contributed by atoms with E-state index in [1.54, 1.807) is 37.4 Å². The SMILES string of the molecule is C#CC(C)(C)c1ccc2c(c1)c(=O)oc1cc(OCc3cc(C)cc(O)c3)c(OC)cc12. The lowest BCUT2D eigenvalue weighted by Crippen LogP contribution is -2.14. The number of benzene rings is 3. The molecular formula is C27H24O5. The molecule has 0 radical (unpaired) electrons. The fourth-order valence-corrected chi connectivity index (χ4v) is 3.77. The van der Waals surface area contributed by atoms with Crippen LogP contribution >= 0.6 is 0 Å². The third-order valence-corrected chi connectivity index (χ3v) is 5.60. The highest BCUT2D eigenvalue weighted by atomic mass is 16.5. The topological polar surface area (TPSA) is 68.9 Å². The van der Waals surface area contributed by atoms with Crippen molar-refractivity contribution in [2.24, 2.45) is 0 Å². The van der Waals surface area contributed by atoms with Crippen LogP contribution in [0, 0.1) is 19.3 Å². The Kier molecular flexibility index (Phi) is 5.31. The van der Waals surface area contributed by atoms with E-state index in [4.69, 9.17) is 20.3 Å². The first-order valence-electron chi connectivity index (χ1n) is 10.2. The molecule has 0 saturated carbocycles. The van der Waals surface area contributed by atoms with Crippen LogP contribution in [-0.2, 0) is 12.0 Å². The molecule has 0 aliphatic heterocycles. The fourth-order valence-electron chi connectivity index (χ4n) is 3.77. The molecule has 0 amide bonds. The number of terminal acetylenes is 1. The summed E-state index contributed by atoms with van der Waals surface area (Å²) in [5.41, 5.74) is 2.06. The van der Waals surface area contributed by atoms with E-state index >= 15 is 0 Å². The predicted octanol–water partition coefficient (Wildman–Crippen LogP) is 5.46. The number of hydrogen-bond acceptors (Lipinski definition) is 5. The van der Waals surface area contributed by atoms with Crippen molar-refractivity contribution in [2.45, 2.75) is 32.8 Å². The standard InChI is InChI=1S/C27H24O5/c1-6-27(3,4)18-7-8-20-21-13-24(30-5)25(14-23(21)32-26(29)22(20)12-18)31-15-17-9-16(2)10-19(28)11-17/h1,7-14,28H,15H2,2-5H3. The van der Waals surface area contributed by atoms with Gasteiger partial charge in [-0.25, -0.2) is 4.79 Å². The normalized spacial score (nSPS) is 11.5. The molecule has 1 N–H and O–H groups in total. The summed E-state index contributed by atoms with van der Waals surface area (Å²) in [5, 5.41) is 11.8. The monoisotopic (exact) mass is 428 g/mol. The Hall–Kier alpha value is -3.91. The van der Waals surface area contributed by atoms with E-state index in [1.165, 1.54) is 0 Å². The smallest absolute Gasteiger partial charge is 0.344 e. The molecule has 0 unspecified atom stereocenters. The zero-order valence-electron chi connectivity index (χ0n) is 18.5. The zero-order valence-corrected chi connectivity index (χ0v) is 18.5. The van der Waals surface area contributed by atoms with E-state index in [2.05, 4.69) is 5.92 Å². The molecule has 0 bridgehead atoms.